The molecule has 0 radical (unpaired) electrons. The smallest absolute Gasteiger partial charge is 0.170 e. The van der Waals surface area contributed by atoms with E-state index in [0.717, 1.165) is 28.7 Å². The normalized spacial score (nSPS) is 18.2. The van der Waals surface area contributed by atoms with Gasteiger partial charge in [-0.1, -0.05) is 6.07 Å². The number of pyridine rings is 2. The average Bonchev–Trinajstić information content (AvgIpc) is 3.48. The summed E-state index contributed by atoms with van der Waals surface area (Å²) in [6, 6.07) is 16.1. The fourth-order valence-corrected chi connectivity index (χ4v) is 4.87. The molecule has 4 aromatic heterocycles. The zero-order valence-electron chi connectivity index (χ0n) is 18.3. The first-order valence-electron chi connectivity index (χ1n) is 10.7. The van der Waals surface area contributed by atoms with Crippen LogP contribution >= 0.6 is 12.2 Å². The maximum Gasteiger partial charge on any atom is 0.170 e. The molecule has 162 valence electrons. The van der Waals surface area contributed by atoms with Gasteiger partial charge in [-0.3, -0.25) is 4.98 Å². The third kappa shape index (κ3) is 3.58. The second-order valence-electron chi connectivity index (χ2n) is 8.19. The van der Waals surface area contributed by atoms with Crippen molar-refractivity contribution < 1.29 is 4.42 Å². The van der Waals surface area contributed by atoms with Crippen LogP contribution in [-0.2, 0) is 6.54 Å². The number of hydrogen-bond acceptors (Lipinski definition) is 4. The molecule has 0 saturated carbocycles. The highest BCUT2D eigenvalue weighted by molar-refractivity contribution is 7.80. The maximum absolute atomic E-state index is 5.79. The molecule has 7 heteroatoms. The number of rotatable bonds is 5. The number of hydrogen-bond donors (Lipinski definition) is 1. The minimum Gasteiger partial charge on any atom is -0.467 e. The van der Waals surface area contributed by atoms with Crippen LogP contribution < -0.4 is 5.32 Å². The third-order valence-corrected chi connectivity index (χ3v) is 6.38. The first-order valence-corrected chi connectivity index (χ1v) is 11.1. The van der Waals surface area contributed by atoms with E-state index >= 15 is 0 Å². The van der Waals surface area contributed by atoms with E-state index in [2.05, 4.69) is 57.7 Å². The Bertz CT molecular complexity index is 1250. The van der Waals surface area contributed by atoms with Gasteiger partial charge in [-0.2, -0.15) is 0 Å². The van der Waals surface area contributed by atoms with E-state index in [1.807, 2.05) is 48.8 Å². The summed E-state index contributed by atoms with van der Waals surface area (Å²) in [4.78, 5) is 11.5. The van der Waals surface area contributed by atoms with Crippen LogP contribution in [0.4, 0.5) is 0 Å². The van der Waals surface area contributed by atoms with Crippen molar-refractivity contribution in [2.24, 2.45) is 0 Å². The Labute approximate surface area is 192 Å². The molecule has 5 heterocycles. The van der Waals surface area contributed by atoms with Gasteiger partial charge in [0, 0.05) is 23.8 Å². The Morgan fingerprint density at radius 3 is 2.62 bits per heavy atom. The molecule has 0 amide bonds. The molecule has 0 spiro atoms. The van der Waals surface area contributed by atoms with Gasteiger partial charge in [-0.05, 0) is 86.6 Å². The van der Waals surface area contributed by atoms with Gasteiger partial charge in [0.1, 0.15) is 11.6 Å². The topological polar surface area (TPSA) is 59.1 Å². The fraction of sp³-hybridized carbons (Fsp3) is 0.240. The van der Waals surface area contributed by atoms with Crippen molar-refractivity contribution >= 4 is 17.3 Å². The number of aryl methyl sites for hydroxylation is 2. The summed E-state index contributed by atoms with van der Waals surface area (Å²) in [5, 5.41) is 4.21. The summed E-state index contributed by atoms with van der Waals surface area (Å²) in [6.45, 7) is 6.93. The predicted molar refractivity (Wildman–Crippen MR) is 127 cm³/mol. The van der Waals surface area contributed by atoms with Crippen LogP contribution in [0.15, 0.2) is 71.6 Å². The molecule has 2 atom stereocenters. The monoisotopic (exact) mass is 443 g/mol. The van der Waals surface area contributed by atoms with Gasteiger partial charge in [0.15, 0.2) is 5.11 Å². The number of aromatic nitrogens is 3. The van der Waals surface area contributed by atoms with Crippen molar-refractivity contribution in [3.63, 3.8) is 0 Å². The third-order valence-electron chi connectivity index (χ3n) is 6.02. The van der Waals surface area contributed by atoms with Gasteiger partial charge in [-0.25, -0.2) is 4.98 Å². The Kier molecular flexibility index (Phi) is 5.27. The highest BCUT2D eigenvalue weighted by atomic mass is 32.1. The molecule has 0 aromatic carbocycles. The van der Waals surface area contributed by atoms with Gasteiger partial charge in [0.05, 0.1) is 30.6 Å². The SMILES string of the molecule is Cc1ccnc(-n2c(C)cc([C@@H]3[C@@H](c4ccccn4)NC(=S)N3Cc3ccco3)c2C)c1. The zero-order chi connectivity index (χ0) is 22.2. The minimum atomic E-state index is -0.0712. The van der Waals surface area contributed by atoms with E-state index in [0.29, 0.717) is 11.7 Å². The minimum absolute atomic E-state index is 0.0349. The zero-order valence-corrected chi connectivity index (χ0v) is 19.1. The van der Waals surface area contributed by atoms with Crippen LogP contribution in [-0.4, -0.2) is 24.5 Å². The average molecular weight is 444 g/mol. The summed E-state index contributed by atoms with van der Waals surface area (Å²) < 4.78 is 7.86. The maximum atomic E-state index is 5.79. The van der Waals surface area contributed by atoms with Crippen LogP contribution in [0.3, 0.4) is 0 Å². The lowest BCUT2D eigenvalue weighted by atomic mass is 9.96. The predicted octanol–water partition coefficient (Wildman–Crippen LogP) is 4.96. The molecule has 32 heavy (non-hydrogen) atoms. The number of furan rings is 1. The molecule has 1 aliphatic rings. The molecule has 1 N–H and O–H groups in total. The summed E-state index contributed by atoms with van der Waals surface area (Å²) in [6.07, 6.45) is 5.38. The highest BCUT2D eigenvalue weighted by Crippen LogP contribution is 2.42. The highest BCUT2D eigenvalue weighted by Gasteiger charge is 2.41. The fourth-order valence-electron chi connectivity index (χ4n) is 4.57. The van der Waals surface area contributed by atoms with E-state index in [9.17, 15) is 0 Å². The van der Waals surface area contributed by atoms with Gasteiger partial charge in [-0.15, -0.1) is 0 Å². The van der Waals surface area contributed by atoms with Gasteiger partial charge >= 0.3 is 0 Å². The van der Waals surface area contributed by atoms with Crippen molar-refractivity contribution in [2.75, 3.05) is 0 Å². The van der Waals surface area contributed by atoms with Crippen LogP contribution in [0, 0.1) is 20.8 Å². The van der Waals surface area contributed by atoms with E-state index in [1.165, 1.54) is 11.1 Å². The van der Waals surface area contributed by atoms with Crippen LogP contribution in [0.25, 0.3) is 5.82 Å². The Morgan fingerprint density at radius 1 is 1.03 bits per heavy atom. The Morgan fingerprint density at radius 2 is 1.91 bits per heavy atom. The first-order chi connectivity index (χ1) is 15.5. The largest absolute Gasteiger partial charge is 0.467 e. The quantitative estimate of drug-likeness (QED) is 0.440. The summed E-state index contributed by atoms with van der Waals surface area (Å²) in [5.74, 6) is 1.79. The Hall–Kier alpha value is -3.45. The van der Waals surface area contributed by atoms with Crippen LogP contribution in [0.2, 0.25) is 0 Å². The van der Waals surface area contributed by atoms with E-state index < -0.39 is 0 Å². The van der Waals surface area contributed by atoms with Gasteiger partial charge < -0.3 is 19.2 Å². The Balaban J connectivity index is 1.63. The number of nitrogens with zero attached hydrogens (tertiary/aromatic N) is 4. The van der Waals surface area contributed by atoms with E-state index in [4.69, 9.17) is 16.6 Å². The van der Waals surface area contributed by atoms with E-state index in [-0.39, 0.29) is 12.1 Å². The summed E-state index contributed by atoms with van der Waals surface area (Å²) in [7, 11) is 0. The molecule has 1 aliphatic heterocycles. The van der Waals surface area contributed by atoms with Crippen molar-refractivity contribution in [1.29, 1.82) is 0 Å². The lowest BCUT2D eigenvalue weighted by Gasteiger charge is -2.27. The lowest BCUT2D eigenvalue weighted by molar-refractivity contribution is 0.286. The second kappa shape index (κ2) is 8.24. The van der Waals surface area contributed by atoms with Gasteiger partial charge in [0.25, 0.3) is 0 Å². The molecular formula is C25H25N5OS. The summed E-state index contributed by atoms with van der Waals surface area (Å²) >= 11 is 5.79. The van der Waals surface area contributed by atoms with Crippen LogP contribution in [0.1, 0.15) is 46.1 Å². The van der Waals surface area contributed by atoms with Crippen molar-refractivity contribution in [3.8, 4) is 5.82 Å². The molecule has 0 unspecified atom stereocenters. The molecule has 5 rings (SSSR count). The standard InChI is InChI=1S/C25H25N5OS/c1-16-9-11-27-22(13-16)30-17(2)14-20(18(30)3)24-23(21-8-4-5-10-26-21)28-25(32)29(24)15-19-7-6-12-31-19/h4-14,23-24H,15H2,1-3H3,(H,28,32)/t23-,24-/m1/s1. The molecule has 1 fully saturated rings. The van der Waals surface area contributed by atoms with E-state index in [1.54, 1.807) is 6.26 Å². The molecule has 6 nitrogen and oxygen atoms in total. The van der Waals surface area contributed by atoms with Crippen molar-refractivity contribution in [2.45, 2.75) is 39.4 Å². The van der Waals surface area contributed by atoms with Crippen LogP contribution in [0.5, 0.6) is 0 Å². The molecular weight excluding hydrogens is 418 g/mol. The van der Waals surface area contributed by atoms with Crippen molar-refractivity contribution in [3.05, 3.63) is 101 Å². The van der Waals surface area contributed by atoms with Crippen molar-refractivity contribution in [1.82, 2.24) is 24.8 Å². The lowest BCUT2D eigenvalue weighted by Crippen LogP contribution is -2.29. The number of thiocarbonyl (C=S) groups is 1. The molecule has 4 aromatic rings. The molecule has 0 aliphatic carbocycles. The second-order valence-corrected chi connectivity index (χ2v) is 8.57. The van der Waals surface area contributed by atoms with Gasteiger partial charge in [0.2, 0.25) is 0 Å². The first kappa shape index (κ1) is 20.5. The number of nitrogens with one attached hydrogen (secondary N) is 1. The molecule has 0 bridgehead atoms. The summed E-state index contributed by atoms with van der Waals surface area (Å²) in [5.41, 5.74) is 5.60. The molecule has 1 saturated heterocycles.